The molecule has 5 heteroatoms. The van der Waals surface area contributed by atoms with E-state index in [4.69, 9.17) is 4.74 Å². The summed E-state index contributed by atoms with van der Waals surface area (Å²) in [5.41, 5.74) is 3.82. The number of aldehydes is 1. The summed E-state index contributed by atoms with van der Waals surface area (Å²) in [6, 6.07) is 32.0. The van der Waals surface area contributed by atoms with Gasteiger partial charge in [-0.2, -0.15) is 10.5 Å². The molecule has 0 amide bonds. The molecule has 1 aliphatic heterocycles. The average Bonchev–Trinajstić information content (AvgIpc) is 3.15. The summed E-state index contributed by atoms with van der Waals surface area (Å²) in [6.45, 7) is 3.60. The molecule has 4 rings (SSSR count). The molecule has 5 nitrogen and oxygen atoms in total. The van der Waals surface area contributed by atoms with Crippen molar-refractivity contribution in [1.82, 2.24) is 0 Å². The highest BCUT2D eigenvalue weighted by Crippen LogP contribution is 2.40. The van der Waals surface area contributed by atoms with Crippen molar-refractivity contribution in [2.75, 3.05) is 4.90 Å². The number of nitrogens with zero attached hydrogens (tertiary/aromatic N) is 3. The average molecular weight is 458 g/mol. The first-order valence-corrected chi connectivity index (χ1v) is 11.1. The van der Waals surface area contributed by atoms with Gasteiger partial charge in [-0.25, -0.2) is 0 Å². The lowest BCUT2D eigenvalue weighted by molar-refractivity contribution is -0.104. The maximum Gasteiger partial charge on any atom is 0.172 e. The molecule has 0 unspecified atom stereocenters. The summed E-state index contributed by atoms with van der Waals surface area (Å²) in [5, 5.41) is 18.5. The molecule has 0 N–H and O–H groups in total. The quantitative estimate of drug-likeness (QED) is 0.301. The Morgan fingerprint density at radius 3 is 1.80 bits per heavy atom. The zero-order valence-electron chi connectivity index (χ0n) is 19.5. The molecule has 35 heavy (non-hydrogen) atoms. The van der Waals surface area contributed by atoms with Gasteiger partial charge in [0.05, 0.1) is 5.57 Å². The Hall–Kier alpha value is -4.87. The minimum Gasteiger partial charge on any atom is -0.480 e. The van der Waals surface area contributed by atoms with Gasteiger partial charge in [0, 0.05) is 22.6 Å². The van der Waals surface area contributed by atoms with Crippen LogP contribution in [0.2, 0.25) is 0 Å². The van der Waals surface area contributed by atoms with Crippen molar-refractivity contribution in [1.29, 1.82) is 10.5 Å². The van der Waals surface area contributed by atoms with E-state index >= 15 is 0 Å². The van der Waals surface area contributed by atoms with Crippen molar-refractivity contribution < 1.29 is 9.53 Å². The third-order valence-electron chi connectivity index (χ3n) is 5.73. The standard InChI is InChI=1S/C30H23N3O2/c1-30(2)28(27(21-34)29(35-30)23(19-31)20-32)18-15-22-13-16-26(17-14-22)33(24-9-5-3-6-10-24)25-11-7-4-8-12-25/h3-18,21H,1-2H3/b18-15+. The Morgan fingerprint density at radius 2 is 1.31 bits per heavy atom. The van der Waals surface area contributed by atoms with Crippen LogP contribution in [0.25, 0.3) is 6.08 Å². The number of allylic oxidation sites excluding steroid dienone is 2. The molecule has 0 spiro atoms. The van der Waals surface area contributed by atoms with Gasteiger partial charge in [0.1, 0.15) is 17.7 Å². The number of para-hydroxylation sites is 2. The highest BCUT2D eigenvalue weighted by molar-refractivity contribution is 5.86. The van der Waals surface area contributed by atoms with Gasteiger partial charge in [0.15, 0.2) is 17.6 Å². The first-order valence-electron chi connectivity index (χ1n) is 11.1. The van der Waals surface area contributed by atoms with Crippen LogP contribution in [-0.2, 0) is 9.53 Å². The number of carbonyl (C=O) groups is 1. The van der Waals surface area contributed by atoms with E-state index in [1.807, 2.05) is 72.8 Å². The van der Waals surface area contributed by atoms with E-state index in [9.17, 15) is 15.3 Å². The van der Waals surface area contributed by atoms with Crippen LogP contribution in [0.5, 0.6) is 0 Å². The first kappa shape index (κ1) is 23.3. The van der Waals surface area contributed by atoms with Crippen LogP contribution in [-0.4, -0.2) is 11.9 Å². The molecule has 0 fully saturated rings. The molecule has 1 heterocycles. The molecular weight excluding hydrogens is 434 g/mol. The second-order valence-electron chi connectivity index (χ2n) is 8.42. The molecule has 1 aliphatic rings. The van der Waals surface area contributed by atoms with Crippen molar-refractivity contribution in [3.8, 4) is 12.1 Å². The highest BCUT2D eigenvalue weighted by atomic mass is 16.5. The molecule has 0 aliphatic carbocycles. The van der Waals surface area contributed by atoms with Crippen LogP contribution >= 0.6 is 0 Å². The topological polar surface area (TPSA) is 77.1 Å². The van der Waals surface area contributed by atoms with E-state index in [0.717, 1.165) is 22.6 Å². The number of nitriles is 2. The molecule has 3 aromatic rings. The third-order valence-corrected chi connectivity index (χ3v) is 5.73. The normalized spacial score (nSPS) is 14.2. The fraction of sp³-hybridized carbons (Fsp3) is 0.100. The Labute approximate surface area is 205 Å². The van der Waals surface area contributed by atoms with Crippen molar-refractivity contribution in [2.45, 2.75) is 19.4 Å². The fourth-order valence-electron chi connectivity index (χ4n) is 4.05. The first-order chi connectivity index (χ1) is 17.0. The van der Waals surface area contributed by atoms with Gasteiger partial charge in [-0.1, -0.05) is 60.7 Å². The van der Waals surface area contributed by atoms with Gasteiger partial charge in [-0.15, -0.1) is 0 Å². The smallest absolute Gasteiger partial charge is 0.172 e. The SMILES string of the molecule is CC1(C)OC(=C(C#N)C#N)C(C=O)=C1/C=C/c1ccc(N(c2ccccc2)c2ccccc2)cc1. The Morgan fingerprint density at radius 1 is 0.800 bits per heavy atom. The van der Waals surface area contributed by atoms with E-state index in [-0.39, 0.29) is 16.9 Å². The second kappa shape index (κ2) is 9.95. The third kappa shape index (κ3) is 4.76. The lowest BCUT2D eigenvalue weighted by Crippen LogP contribution is -2.20. The van der Waals surface area contributed by atoms with Crippen LogP contribution in [0, 0.1) is 22.7 Å². The van der Waals surface area contributed by atoms with Gasteiger partial charge in [0.2, 0.25) is 0 Å². The summed E-state index contributed by atoms with van der Waals surface area (Å²) in [7, 11) is 0. The van der Waals surface area contributed by atoms with E-state index in [1.165, 1.54) is 0 Å². The van der Waals surface area contributed by atoms with Gasteiger partial charge in [-0.05, 0) is 55.8 Å². The summed E-state index contributed by atoms with van der Waals surface area (Å²) in [4.78, 5) is 14.0. The second-order valence-corrected chi connectivity index (χ2v) is 8.42. The molecular formula is C30H23N3O2. The van der Waals surface area contributed by atoms with Crippen molar-refractivity contribution in [2.24, 2.45) is 0 Å². The minimum absolute atomic E-state index is 0.0337. The monoisotopic (exact) mass is 457 g/mol. The minimum atomic E-state index is -0.849. The number of ether oxygens (including phenoxy) is 1. The van der Waals surface area contributed by atoms with Crippen LogP contribution in [0.1, 0.15) is 19.4 Å². The summed E-state index contributed by atoms with van der Waals surface area (Å²) >= 11 is 0. The van der Waals surface area contributed by atoms with Crippen LogP contribution in [0.4, 0.5) is 17.1 Å². The number of hydrogen-bond acceptors (Lipinski definition) is 5. The Bertz CT molecular complexity index is 1350. The maximum atomic E-state index is 11.8. The fourth-order valence-corrected chi connectivity index (χ4v) is 4.05. The van der Waals surface area contributed by atoms with Crippen LogP contribution in [0.15, 0.2) is 113 Å². The van der Waals surface area contributed by atoms with Crippen LogP contribution < -0.4 is 4.90 Å². The molecule has 0 radical (unpaired) electrons. The zero-order chi connectivity index (χ0) is 24.8. The number of hydrogen-bond donors (Lipinski definition) is 0. The number of rotatable bonds is 6. The Balaban J connectivity index is 1.69. The molecule has 0 saturated heterocycles. The van der Waals surface area contributed by atoms with E-state index in [1.54, 1.807) is 26.0 Å². The predicted molar refractivity (Wildman–Crippen MR) is 137 cm³/mol. The van der Waals surface area contributed by atoms with Gasteiger partial charge < -0.3 is 9.64 Å². The molecule has 3 aromatic carbocycles. The van der Waals surface area contributed by atoms with E-state index in [0.29, 0.717) is 11.9 Å². The predicted octanol–water partition coefficient (Wildman–Crippen LogP) is 6.78. The molecule has 0 aromatic heterocycles. The van der Waals surface area contributed by atoms with Crippen molar-refractivity contribution in [3.05, 3.63) is 119 Å². The van der Waals surface area contributed by atoms with Crippen LogP contribution in [0.3, 0.4) is 0 Å². The number of anilines is 3. The highest BCUT2D eigenvalue weighted by Gasteiger charge is 2.38. The molecule has 0 bridgehead atoms. The summed E-state index contributed by atoms with van der Waals surface area (Å²) < 4.78 is 5.82. The van der Waals surface area contributed by atoms with Crippen molar-refractivity contribution >= 4 is 29.4 Å². The Kier molecular flexibility index (Phi) is 6.62. The maximum absolute atomic E-state index is 11.8. The van der Waals surface area contributed by atoms with Gasteiger partial charge >= 0.3 is 0 Å². The zero-order valence-corrected chi connectivity index (χ0v) is 19.5. The molecule has 0 atom stereocenters. The number of carbonyl (C=O) groups excluding carboxylic acids is 1. The van der Waals surface area contributed by atoms with E-state index < -0.39 is 5.60 Å². The summed E-state index contributed by atoms with van der Waals surface area (Å²) in [6.07, 6.45) is 4.34. The van der Waals surface area contributed by atoms with Crippen molar-refractivity contribution in [3.63, 3.8) is 0 Å². The molecule has 0 saturated carbocycles. The number of benzene rings is 3. The lowest BCUT2D eigenvalue weighted by Gasteiger charge is -2.25. The molecule has 170 valence electrons. The van der Waals surface area contributed by atoms with E-state index in [2.05, 4.69) is 29.2 Å². The summed E-state index contributed by atoms with van der Waals surface area (Å²) in [5.74, 6) is 0.0337. The lowest BCUT2D eigenvalue weighted by atomic mass is 9.94. The largest absolute Gasteiger partial charge is 0.480 e. The van der Waals surface area contributed by atoms with Gasteiger partial charge in [0.25, 0.3) is 0 Å². The van der Waals surface area contributed by atoms with Gasteiger partial charge in [-0.3, -0.25) is 4.79 Å².